The lowest BCUT2D eigenvalue weighted by Gasteiger charge is -2.25. The molecule has 0 N–H and O–H groups in total. The predicted molar refractivity (Wildman–Crippen MR) is 105 cm³/mol. The van der Waals surface area contributed by atoms with Gasteiger partial charge in [0, 0.05) is 16.6 Å². The van der Waals surface area contributed by atoms with Crippen molar-refractivity contribution >= 4 is 45.9 Å². The molecule has 1 saturated heterocycles. The molecule has 3 aromatic rings. The van der Waals surface area contributed by atoms with Gasteiger partial charge in [-0.15, -0.1) is 11.8 Å². The van der Waals surface area contributed by atoms with Crippen LogP contribution in [0, 0.1) is 6.92 Å². The summed E-state index contributed by atoms with van der Waals surface area (Å²) in [6.45, 7) is 3.98. The Hall–Kier alpha value is -2.04. The summed E-state index contributed by atoms with van der Waals surface area (Å²) in [5.41, 5.74) is 3.80. The van der Waals surface area contributed by atoms with Crippen molar-refractivity contribution in [2.24, 2.45) is 0 Å². The van der Waals surface area contributed by atoms with E-state index in [1.807, 2.05) is 67.3 Å². The Morgan fingerprint density at radius 1 is 1.12 bits per heavy atom. The fraction of sp³-hybridized carbons (Fsp3) is 0.200. The summed E-state index contributed by atoms with van der Waals surface area (Å²) >= 11 is 8.10. The molecule has 4 rings (SSSR count). The molecule has 1 fully saturated rings. The zero-order valence-corrected chi connectivity index (χ0v) is 15.5. The number of pyridine rings is 1. The average Bonchev–Trinajstić information content (AvgIpc) is 2.90. The van der Waals surface area contributed by atoms with Crippen LogP contribution in [0.4, 0.5) is 5.69 Å². The molecule has 2 aromatic carbocycles. The number of hydrogen-bond donors (Lipinski definition) is 0. The maximum atomic E-state index is 12.8. The number of thioether (sulfide) groups is 1. The third-order valence-corrected chi connectivity index (χ3v) is 6.07. The third kappa shape index (κ3) is 2.90. The number of carbonyl (C=O) groups excluding carboxylic acids is 1. The number of carbonyl (C=O) groups is 1. The summed E-state index contributed by atoms with van der Waals surface area (Å²) < 4.78 is 0. The number of benzene rings is 2. The maximum absolute atomic E-state index is 12.8. The van der Waals surface area contributed by atoms with E-state index in [1.54, 1.807) is 11.8 Å². The number of rotatable bonds is 2. The van der Waals surface area contributed by atoms with Crippen molar-refractivity contribution in [2.45, 2.75) is 24.5 Å². The smallest absolute Gasteiger partial charge is 0.241 e. The van der Waals surface area contributed by atoms with Gasteiger partial charge in [0.25, 0.3) is 0 Å². The van der Waals surface area contributed by atoms with Crippen LogP contribution in [0.2, 0.25) is 5.15 Å². The van der Waals surface area contributed by atoms with Gasteiger partial charge in [-0.3, -0.25) is 9.69 Å². The predicted octanol–water partition coefficient (Wildman–Crippen LogP) is 5.36. The molecule has 3 nitrogen and oxygen atoms in total. The van der Waals surface area contributed by atoms with E-state index in [1.165, 1.54) is 0 Å². The molecule has 0 spiro atoms. The minimum atomic E-state index is -0.171. The molecule has 5 heteroatoms. The SMILES string of the molecule is Cc1ccc(N2C(=O)C(C)SC2c2cc3ccccc3nc2Cl)cc1. The minimum absolute atomic E-state index is 0.100. The lowest BCUT2D eigenvalue weighted by Crippen LogP contribution is -2.30. The van der Waals surface area contributed by atoms with Gasteiger partial charge in [0.15, 0.2) is 0 Å². The van der Waals surface area contributed by atoms with Gasteiger partial charge in [-0.2, -0.15) is 0 Å². The van der Waals surface area contributed by atoms with Gasteiger partial charge in [0.2, 0.25) is 5.91 Å². The van der Waals surface area contributed by atoms with E-state index >= 15 is 0 Å². The van der Waals surface area contributed by atoms with Crippen molar-refractivity contribution in [1.82, 2.24) is 4.98 Å². The fourth-order valence-corrected chi connectivity index (χ4v) is 4.69. The average molecular weight is 369 g/mol. The van der Waals surface area contributed by atoms with E-state index < -0.39 is 0 Å². The molecular formula is C20H17ClN2OS. The highest BCUT2D eigenvalue weighted by Crippen LogP contribution is 2.47. The number of aryl methyl sites for hydroxylation is 1. The van der Waals surface area contributed by atoms with Crippen molar-refractivity contribution < 1.29 is 4.79 Å². The molecule has 2 heterocycles. The summed E-state index contributed by atoms with van der Waals surface area (Å²) in [5, 5.41) is 1.19. The number of para-hydroxylation sites is 1. The Bertz CT molecular complexity index is 958. The van der Waals surface area contributed by atoms with Crippen LogP contribution in [0.25, 0.3) is 10.9 Å². The standard InChI is InChI=1S/C20H17ClN2OS/c1-12-7-9-15(10-8-12)23-19(24)13(2)25-20(23)16-11-14-5-3-4-6-17(14)22-18(16)21/h3-11,13,20H,1-2H3. The zero-order chi connectivity index (χ0) is 17.6. The van der Waals surface area contributed by atoms with Crippen LogP contribution in [0.3, 0.4) is 0 Å². The second-order valence-corrected chi connectivity index (χ2v) is 8.02. The van der Waals surface area contributed by atoms with Crippen LogP contribution >= 0.6 is 23.4 Å². The van der Waals surface area contributed by atoms with Crippen LogP contribution in [0.15, 0.2) is 54.6 Å². The molecular weight excluding hydrogens is 352 g/mol. The normalized spacial score (nSPS) is 20.4. The molecule has 2 atom stereocenters. The number of aromatic nitrogens is 1. The molecule has 1 aliphatic heterocycles. The van der Waals surface area contributed by atoms with Gasteiger partial charge in [0.1, 0.15) is 10.5 Å². The number of amides is 1. The van der Waals surface area contributed by atoms with Crippen molar-refractivity contribution in [2.75, 3.05) is 4.90 Å². The van der Waals surface area contributed by atoms with E-state index in [9.17, 15) is 4.79 Å². The molecule has 126 valence electrons. The van der Waals surface area contributed by atoms with Crippen LogP contribution in [-0.2, 0) is 4.79 Å². The van der Waals surface area contributed by atoms with Gasteiger partial charge in [-0.1, -0.05) is 47.5 Å². The number of halogens is 1. The summed E-state index contributed by atoms with van der Waals surface area (Å²) in [6, 6.07) is 18.0. The second kappa shape index (κ2) is 6.36. The molecule has 2 unspecified atom stereocenters. The summed E-state index contributed by atoms with van der Waals surface area (Å²) in [7, 11) is 0. The molecule has 25 heavy (non-hydrogen) atoms. The molecule has 1 aliphatic rings. The van der Waals surface area contributed by atoms with Crippen molar-refractivity contribution in [3.8, 4) is 0 Å². The number of fused-ring (bicyclic) bond motifs is 1. The molecule has 0 aliphatic carbocycles. The van der Waals surface area contributed by atoms with Gasteiger partial charge >= 0.3 is 0 Å². The molecule has 0 bridgehead atoms. The molecule has 1 amide bonds. The molecule has 0 radical (unpaired) electrons. The highest BCUT2D eigenvalue weighted by Gasteiger charge is 2.40. The van der Waals surface area contributed by atoms with Crippen molar-refractivity contribution in [1.29, 1.82) is 0 Å². The molecule has 1 aromatic heterocycles. The van der Waals surface area contributed by atoms with E-state index in [2.05, 4.69) is 11.1 Å². The highest BCUT2D eigenvalue weighted by atomic mass is 35.5. The summed E-state index contributed by atoms with van der Waals surface area (Å²) in [5.74, 6) is 0.100. The lowest BCUT2D eigenvalue weighted by atomic mass is 10.1. The Labute approximate surface area is 156 Å². The fourth-order valence-electron chi connectivity index (χ4n) is 3.09. The maximum Gasteiger partial charge on any atom is 0.241 e. The highest BCUT2D eigenvalue weighted by molar-refractivity contribution is 8.01. The summed E-state index contributed by atoms with van der Waals surface area (Å²) in [6.07, 6.45) is 0. The largest absolute Gasteiger partial charge is 0.295 e. The first-order valence-electron chi connectivity index (χ1n) is 8.15. The Morgan fingerprint density at radius 2 is 1.84 bits per heavy atom. The zero-order valence-electron chi connectivity index (χ0n) is 13.9. The van der Waals surface area contributed by atoms with Crippen LogP contribution in [0.5, 0.6) is 0 Å². The van der Waals surface area contributed by atoms with E-state index in [0.717, 1.165) is 27.7 Å². The van der Waals surface area contributed by atoms with E-state index in [-0.39, 0.29) is 16.5 Å². The van der Waals surface area contributed by atoms with Crippen LogP contribution in [0.1, 0.15) is 23.4 Å². The first-order valence-corrected chi connectivity index (χ1v) is 9.47. The van der Waals surface area contributed by atoms with Crippen molar-refractivity contribution in [3.05, 3.63) is 70.9 Å². The Balaban J connectivity index is 1.83. The first kappa shape index (κ1) is 16.4. The van der Waals surface area contributed by atoms with E-state index in [4.69, 9.17) is 11.6 Å². The first-order chi connectivity index (χ1) is 12.0. The lowest BCUT2D eigenvalue weighted by molar-refractivity contribution is -0.117. The minimum Gasteiger partial charge on any atom is -0.295 e. The number of anilines is 1. The third-order valence-electron chi connectivity index (χ3n) is 4.44. The quantitative estimate of drug-likeness (QED) is 0.570. The number of nitrogens with zero attached hydrogens (tertiary/aromatic N) is 2. The van der Waals surface area contributed by atoms with Gasteiger partial charge in [-0.25, -0.2) is 4.98 Å². The topological polar surface area (TPSA) is 33.2 Å². The summed E-state index contributed by atoms with van der Waals surface area (Å²) in [4.78, 5) is 19.2. The second-order valence-electron chi connectivity index (χ2n) is 6.24. The monoisotopic (exact) mass is 368 g/mol. The van der Waals surface area contributed by atoms with Gasteiger partial charge < -0.3 is 0 Å². The Morgan fingerprint density at radius 3 is 2.60 bits per heavy atom. The molecule has 0 saturated carbocycles. The van der Waals surface area contributed by atoms with Crippen molar-refractivity contribution in [3.63, 3.8) is 0 Å². The number of hydrogen-bond acceptors (Lipinski definition) is 3. The Kier molecular flexibility index (Phi) is 4.18. The van der Waals surface area contributed by atoms with Crippen LogP contribution < -0.4 is 4.90 Å². The van der Waals surface area contributed by atoms with Crippen LogP contribution in [-0.4, -0.2) is 16.1 Å². The van der Waals surface area contributed by atoms with E-state index in [0.29, 0.717) is 5.15 Å². The van der Waals surface area contributed by atoms with Gasteiger partial charge in [-0.05, 0) is 38.1 Å². The van der Waals surface area contributed by atoms with Gasteiger partial charge in [0.05, 0.1) is 10.8 Å².